The number of anilines is 2. The van der Waals surface area contributed by atoms with Crippen molar-refractivity contribution in [3.63, 3.8) is 0 Å². The van der Waals surface area contributed by atoms with Gasteiger partial charge in [-0.05, 0) is 93.5 Å². The Kier molecular flexibility index (Phi) is 7.78. The number of nitrogens with zero attached hydrogens (tertiary/aromatic N) is 1. The third-order valence-electron chi connectivity index (χ3n) is 7.56. The maximum absolute atomic E-state index is 13.1. The van der Waals surface area contributed by atoms with Gasteiger partial charge in [-0.3, -0.25) is 14.4 Å². The highest BCUT2D eigenvalue weighted by atomic mass is 16.5. The van der Waals surface area contributed by atoms with Gasteiger partial charge in [0.05, 0.1) is 5.69 Å². The van der Waals surface area contributed by atoms with Gasteiger partial charge in [0, 0.05) is 24.3 Å². The molecule has 2 aliphatic heterocycles. The summed E-state index contributed by atoms with van der Waals surface area (Å²) >= 11 is 0. The minimum atomic E-state index is -0.551. The molecule has 0 radical (unpaired) electrons. The van der Waals surface area contributed by atoms with Crippen LogP contribution < -0.4 is 20.1 Å². The molecule has 1 fully saturated rings. The number of likely N-dealkylation sites (tertiary alicyclic amines) is 1. The number of hydrogen-bond donors (Lipinski definition) is 2. The van der Waals surface area contributed by atoms with Crippen molar-refractivity contribution >= 4 is 29.1 Å². The zero-order valence-corrected chi connectivity index (χ0v) is 23.4. The van der Waals surface area contributed by atoms with Gasteiger partial charge in [0.15, 0.2) is 12.7 Å². The first-order valence-electron chi connectivity index (χ1n) is 13.7. The molecular formula is C32H35N3O5. The van der Waals surface area contributed by atoms with Crippen LogP contribution in [-0.4, -0.2) is 48.4 Å². The van der Waals surface area contributed by atoms with Crippen LogP contribution in [0.2, 0.25) is 0 Å². The van der Waals surface area contributed by atoms with Crippen molar-refractivity contribution in [3.8, 4) is 11.5 Å². The third kappa shape index (κ3) is 5.96. The van der Waals surface area contributed by atoms with Gasteiger partial charge in [0.25, 0.3) is 17.7 Å². The number of ether oxygens (including phenoxy) is 2. The molecule has 8 heteroatoms. The normalized spacial score (nSPS) is 16.9. The van der Waals surface area contributed by atoms with Crippen LogP contribution in [0, 0.1) is 20.8 Å². The maximum Gasteiger partial charge on any atom is 0.265 e. The van der Waals surface area contributed by atoms with E-state index in [9.17, 15) is 14.4 Å². The van der Waals surface area contributed by atoms with Crippen LogP contribution in [0.4, 0.5) is 11.4 Å². The van der Waals surface area contributed by atoms with Gasteiger partial charge in [-0.15, -0.1) is 0 Å². The average molecular weight is 542 g/mol. The summed E-state index contributed by atoms with van der Waals surface area (Å²) in [5, 5.41) is 5.71. The zero-order valence-electron chi connectivity index (χ0n) is 23.4. The van der Waals surface area contributed by atoms with E-state index in [2.05, 4.69) is 10.6 Å². The van der Waals surface area contributed by atoms with Crippen molar-refractivity contribution in [2.75, 3.05) is 30.3 Å². The lowest BCUT2D eigenvalue weighted by Gasteiger charge is -2.32. The van der Waals surface area contributed by atoms with Gasteiger partial charge in [0.1, 0.15) is 11.5 Å². The summed E-state index contributed by atoms with van der Waals surface area (Å²) in [5.74, 6) is 1.19. The largest absolute Gasteiger partial charge is 0.483 e. The lowest BCUT2D eigenvalue weighted by Crippen LogP contribution is -2.38. The van der Waals surface area contributed by atoms with Crippen LogP contribution in [0.5, 0.6) is 11.5 Å². The fraction of sp³-hybridized carbons (Fsp3) is 0.344. The molecule has 8 nitrogen and oxygen atoms in total. The lowest BCUT2D eigenvalue weighted by molar-refractivity contribution is -0.122. The summed E-state index contributed by atoms with van der Waals surface area (Å²) in [7, 11) is 0. The number of nitrogens with one attached hydrogen (secondary N) is 2. The number of rotatable bonds is 6. The van der Waals surface area contributed by atoms with E-state index in [1.54, 1.807) is 25.1 Å². The van der Waals surface area contributed by atoms with E-state index >= 15 is 0 Å². The molecule has 2 aliphatic rings. The molecule has 1 saturated heterocycles. The second-order valence-electron chi connectivity index (χ2n) is 10.7. The average Bonchev–Trinajstić information content (AvgIpc) is 2.93. The SMILES string of the molecule is Cc1cc(C)c(OCC(=O)Nc2ccc(C3CCN(C(=O)c4ccc5c(c4)NC(=O)C(C)O5)CC3)cc2)c(C)c1. The summed E-state index contributed by atoms with van der Waals surface area (Å²) in [6.45, 7) is 8.94. The van der Waals surface area contributed by atoms with E-state index in [0.29, 0.717) is 36.0 Å². The number of piperidine rings is 1. The Hall–Kier alpha value is -4.33. The standard InChI is InChI=1S/C32H35N3O5/c1-19-15-20(2)30(21(3)16-19)39-18-29(36)33-26-8-5-23(6-9-26)24-11-13-35(14-12-24)32(38)25-7-10-28-27(17-25)34-31(37)22(4)40-28/h5-10,15-17,22,24H,11-14,18H2,1-4H3,(H,33,36)(H,34,37). The van der Waals surface area contributed by atoms with Gasteiger partial charge >= 0.3 is 0 Å². The van der Waals surface area contributed by atoms with Crippen molar-refractivity contribution in [1.29, 1.82) is 0 Å². The molecule has 1 atom stereocenters. The van der Waals surface area contributed by atoms with Crippen molar-refractivity contribution in [2.45, 2.75) is 52.6 Å². The van der Waals surface area contributed by atoms with Crippen LogP contribution in [0.1, 0.15) is 58.3 Å². The van der Waals surface area contributed by atoms with Gasteiger partial charge in [-0.1, -0.05) is 29.8 Å². The van der Waals surface area contributed by atoms with E-state index < -0.39 is 6.10 Å². The van der Waals surface area contributed by atoms with Crippen molar-refractivity contribution < 1.29 is 23.9 Å². The van der Waals surface area contributed by atoms with Crippen molar-refractivity contribution in [2.24, 2.45) is 0 Å². The summed E-state index contributed by atoms with van der Waals surface area (Å²) in [6, 6.07) is 17.2. The van der Waals surface area contributed by atoms with Gasteiger partial charge in [-0.2, -0.15) is 0 Å². The van der Waals surface area contributed by atoms with E-state index in [4.69, 9.17) is 9.47 Å². The highest BCUT2D eigenvalue weighted by molar-refractivity contribution is 6.01. The second-order valence-corrected chi connectivity index (χ2v) is 10.7. The number of amides is 3. The Bertz CT molecular complexity index is 1420. The minimum Gasteiger partial charge on any atom is -0.483 e. The van der Waals surface area contributed by atoms with Crippen LogP contribution in [-0.2, 0) is 9.59 Å². The highest BCUT2D eigenvalue weighted by Gasteiger charge is 2.27. The number of fused-ring (bicyclic) bond motifs is 1. The summed E-state index contributed by atoms with van der Waals surface area (Å²) in [4.78, 5) is 39.4. The molecule has 0 bridgehead atoms. The number of aryl methyl sites for hydroxylation is 3. The zero-order chi connectivity index (χ0) is 28.4. The predicted octanol–water partition coefficient (Wildman–Crippen LogP) is 5.37. The fourth-order valence-electron chi connectivity index (χ4n) is 5.51. The third-order valence-corrected chi connectivity index (χ3v) is 7.56. The molecule has 0 saturated carbocycles. The Labute approximate surface area is 234 Å². The van der Waals surface area contributed by atoms with Crippen LogP contribution >= 0.6 is 0 Å². The molecule has 3 amide bonds. The number of benzene rings is 3. The summed E-state index contributed by atoms with van der Waals surface area (Å²) in [5.41, 5.74) is 6.18. The Balaban J connectivity index is 1.12. The summed E-state index contributed by atoms with van der Waals surface area (Å²) in [6.07, 6.45) is 1.15. The van der Waals surface area contributed by atoms with Crippen molar-refractivity contribution in [1.82, 2.24) is 4.90 Å². The molecule has 5 rings (SSSR count). The Morgan fingerprint density at radius 1 is 1.00 bits per heavy atom. The number of carbonyl (C=O) groups is 3. The molecule has 2 heterocycles. The van der Waals surface area contributed by atoms with E-state index in [1.165, 1.54) is 11.1 Å². The minimum absolute atomic E-state index is 0.0505. The maximum atomic E-state index is 13.1. The first-order chi connectivity index (χ1) is 19.2. The first kappa shape index (κ1) is 27.2. The molecule has 0 aromatic heterocycles. The van der Waals surface area contributed by atoms with Gasteiger partial charge in [-0.25, -0.2) is 0 Å². The molecule has 3 aromatic carbocycles. The number of hydrogen-bond acceptors (Lipinski definition) is 5. The quantitative estimate of drug-likeness (QED) is 0.438. The molecule has 1 unspecified atom stereocenters. The van der Waals surface area contributed by atoms with Crippen molar-refractivity contribution in [3.05, 3.63) is 82.4 Å². The molecule has 208 valence electrons. The molecule has 0 aliphatic carbocycles. The highest BCUT2D eigenvalue weighted by Crippen LogP contribution is 2.33. The Morgan fingerprint density at radius 2 is 1.68 bits per heavy atom. The lowest BCUT2D eigenvalue weighted by atomic mass is 9.89. The molecular weight excluding hydrogens is 506 g/mol. The topological polar surface area (TPSA) is 97.0 Å². The summed E-state index contributed by atoms with van der Waals surface area (Å²) < 4.78 is 11.4. The first-order valence-corrected chi connectivity index (χ1v) is 13.7. The van der Waals surface area contributed by atoms with E-state index in [1.807, 2.05) is 62.1 Å². The second kappa shape index (κ2) is 11.4. The molecule has 2 N–H and O–H groups in total. The van der Waals surface area contributed by atoms with Gasteiger partial charge in [0.2, 0.25) is 0 Å². The molecule has 3 aromatic rings. The monoisotopic (exact) mass is 541 g/mol. The number of carbonyl (C=O) groups excluding carboxylic acids is 3. The molecule has 0 spiro atoms. The van der Waals surface area contributed by atoms with Crippen LogP contribution in [0.3, 0.4) is 0 Å². The van der Waals surface area contributed by atoms with Crippen LogP contribution in [0.15, 0.2) is 54.6 Å². The smallest absolute Gasteiger partial charge is 0.265 e. The fourth-order valence-corrected chi connectivity index (χ4v) is 5.51. The van der Waals surface area contributed by atoms with E-state index in [0.717, 1.165) is 35.4 Å². The Morgan fingerprint density at radius 3 is 2.35 bits per heavy atom. The van der Waals surface area contributed by atoms with Crippen LogP contribution in [0.25, 0.3) is 0 Å². The predicted molar refractivity (Wildman–Crippen MR) is 154 cm³/mol. The van der Waals surface area contributed by atoms with Gasteiger partial charge < -0.3 is 25.0 Å². The van der Waals surface area contributed by atoms with E-state index in [-0.39, 0.29) is 24.3 Å². The molecule has 40 heavy (non-hydrogen) atoms.